The Kier molecular flexibility index (Phi) is 4.02. The van der Waals surface area contributed by atoms with Gasteiger partial charge < -0.3 is 11.1 Å². The van der Waals surface area contributed by atoms with E-state index in [-0.39, 0.29) is 12.1 Å². The monoisotopic (exact) mass is 272 g/mol. The Morgan fingerprint density at radius 3 is 2.40 bits per heavy atom. The highest BCUT2D eigenvalue weighted by Crippen LogP contribution is 2.29. The zero-order valence-electron chi connectivity index (χ0n) is 12.9. The molecule has 3 N–H and O–H groups in total. The second kappa shape index (κ2) is 5.57. The van der Waals surface area contributed by atoms with Crippen molar-refractivity contribution in [2.75, 3.05) is 11.1 Å². The number of anilines is 2. The molecular weight excluding hydrogens is 248 g/mol. The van der Waals surface area contributed by atoms with Gasteiger partial charge in [0.2, 0.25) is 0 Å². The van der Waals surface area contributed by atoms with Gasteiger partial charge in [-0.1, -0.05) is 24.3 Å². The number of hydrogen-bond acceptors (Lipinski definition) is 3. The minimum atomic E-state index is 0.187. The quantitative estimate of drug-likeness (QED) is 0.889. The smallest absolute Gasteiger partial charge is 0.148 e. The van der Waals surface area contributed by atoms with E-state index in [4.69, 9.17) is 5.73 Å². The molecule has 0 saturated heterocycles. The van der Waals surface area contributed by atoms with Crippen molar-refractivity contribution in [1.82, 2.24) is 9.78 Å². The van der Waals surface area contributed by atoms with Crippen LogP contribution in [0.5, 0.6) is 0 Å². The van der Waals surface area contributed by atoms with Crippen LogP contribution in [-0.2, 0) is 0 Å². The summed E-state index contributed by atoms with van der Waals surface area (Å²) in [6.45, 7) is 10.4. The molecule has 2 aromatic rings. The molecule has 0 amide bonds. The summed E-state index contributed by atoms with van der Waals surface area (Å²) in [5, 5.41) is 8.02. The second-order valence-corrected chi connectivity index (χ2v) is 5.61. The average Bonchev–Trinajstić information content (AvgIpc) is 2.67. The highest BCUT2D eigenvalue weighted by molar-refractivity contribution is 5.65. The fraction of sp³-hybridized carbons (Fsp3) is 0.438. The Bertz CT molecular complexity index is 599. The maximum atomic E-state index is 6.16. The molecule has 0 bridgehead atoms. The Balaban J connectivity index is 2.33. The van der Waals surface area contributed by atoms with Gasteiger partial charge in [-0.15, -0.1) is 0 Å². The van der Waals surface area contributed by atoms with E-state index in [2.05, 4.69) is 62.4 Å². The molecule has 0 spiro atoms. The molecule has 4 nitrogen and oxygen atoms in total. The maximum Gasteiger partial charge on any atom is 0.148 e. The van der Waals surface area contributed by atoms with Crippen molar-refractivity contribution < 1.29 is 0 Å². The maximum absolute atomic E-state index is 6.16. The van der Waals surface area contributed by atoms with Crippen LogP contribution in [0, 0.1) is 13.8 Å². The number of rotatable bonds is 4. The van der Waals surface area contributed by atoms with Crippen LogP contribution < -0.4 is 11.1 Å². The highest BCUT2D eigenvalue weighted by atomic mass is 15.4. The Morgan fingerprint density at radius 2 is 1.80 bits per heavy atom. The first-order valence-electron chi connectivity index (χ1n) is 7.08. The van der Waals surface area contributed by atoms with E-state index in [0.29, 0.717) is 0 Å². The van der Waals surface area contributed by atoms with Crippen LogP contribution in [0.3, 0.4) is 0 Å². The minimum Gasteiger partial charge on any atom is -0.394 e. The summed E-state index contributed by atoms with van der Waals surface area (Å²) in [5.41, 5.74) is 10.3. The van der Waals surface area contributed by atoms with Crippen LogP contribution in [0.4, 0.5) is 11.5 Å². The fourth-order valence-corrected chi connectivity index (χ4v) is 2.43. The van der Waals surface area contributed by atoms with Gasteiger partial charge in [0.1, 0.15) is 5.82 Å². The number of nitrogens with two attached hydrogens (primary N) is 1. The lowest BCUT2D eigenvalue weighted by molar-refractivity contribution is 0.532. The number of benzene rings is 1. The highest BCUT2D eigenvalue weighted by Gasteiger charge is 2.17. The third-order valence-corrected chi connectivity index (χ3v) is 3.63. The molecule has 20 heavy (non-hydrogen) atoms. The van der Waals surface area contributed by atoms with E-state index in [1.807, 2.05) is 11.6 Å². The van der Waals surface area contributed by atoms with Gasteiger partial charge in [0.25, 0.3) is 0 Å². The molecular formula is C16H24N4. The first-order chi connectivity index (χ1) is 9.41. The molecule has 1 aromatic carbocycles. The van der Waals surface area contributed by atoms with Crippen molar-refractivity contribution in [3.8, 4) is 0 Å². The van der Waals surface area contributed by atoms with Crippen LogP contribution in [0.2, 0.25) is 0 Å². The molecule has 1 unspecified atom stereocenters. The third-order valence-electron chi connectivity index (χ3n) is 3.63. The largest absolute Gasteiger partial charge is 0.394 e. The second-order valence-electron chi connectivity index (χ2n) is 5.61. The molecule has 0 fully saturated rings. The minimum absolute atomic E-state index is 0.187. The van der Waals surface area contributed by atoms with Gasteiger partial charge in [-0.05, 0) is 45.7 Å². The van der Waals surface area contributed by atoms with E-state index >= 15 is 0 Å². The van der Waals surface area contributed by atoms with E-state index in [9.17, 15) is 0 Å². The molecule has 0 aliphatic rings. The molecule has 2 rings (SSSR count). The summed E-state index contributed by atoms with van der Waals surface area (Å²) in [7, 11) is 0. The summed E-state index contributed by atoms with van der Waals surface area (Å²) in [5.74, 6) is 0.910. The molecule has 1 heterocycles. The predicted molar refractivity (Wildman–Crippen MR) is 85.0 cm³/mol. The van der Waals surface area contributed by atoms with Crippen LogP contribution in [0.25, 0.3) is 0 Å². The number of hydrogen-bond donors (Lipinski definition) is 2. The topological polar surface area (TPSA) is 55.9 Å². The molecule has 4 heteroatoms. The van der Waals surface area contributed by atoms with Crippen molar-refractivity contribution >= 4 is 11.5 Å². The van der Waals surface area contributed by atoms with Gasteiger partial charge in [-0.25, -0.2) is 4.68 Å². The van der Waals surface area contributed by atoms with Gasteiger partial charge in [-0.2, -0.15) is 5.10 Å². The lowest BCUT2D eigenvalue weighted by Gasteiger charge is -2.20. The van der Waals surface area contributed by atoms with Gasteiger partial charge in [0.05, 0.1) is 17.4 Å². The van der Waals surface area contributed by atoms with Crippen LogP contribution in [0.15, 0.2) is 24.3 Å². The van der Waals surface area contributed by atoms with E-state index in [1.54, 1.807) is 0 Å². The summed E-state index contributed by atoms with van der Waals surface area (Å²) in [6.07, 6.45) is 0. The van der Waals surface area contributed by atoms with Crippen molar-refractivity contribution in [2.24, 2.45) is 0 Å². The van der Waals surface area contributed by atoms with Crippen LogP contribution in [-0.4, -0.2) is 9.78 Å². The van der Waals surface area contributed by atoms with Gasteiger partial charge in [-0.3, -0.25) is 0 Å². The summed E-state index contributed by atoms with van der Waals surface area (Å²) in [6, 6.07) is 8.86. The van der Waals surface area contributed by atoms with Crippen molar-refractivity contribution in [3.05, 3.63) is 41.1 Å². The Hall–Kier alpha value is -1.97. The molecule has 0 aliphatic carbocycles. The number of nitrogens with one attached hydrogen (secondary N) is 1. The fourth-order valence-electron chi connectivity index (χ4n) is 2.43. The summed E-state index contributed by atoms with van der Waals surface area (Å²) < 4.78 is 1.96. The average molecular weight is 272 g/mol. The van der Waals surface area contributed by atoms with Gasteiger partial charge in [0.15, 0.2) is 0 Å². The van der Waals surface area contributed by atoms with E-state index in [0.717, 1.165) is 17.2 Å². The Labute approximate surface area is 121 Å². The summed E-state index contributed by atoms with van der Waals surface area (Å²) >= 11 is 0. The number of nitrogens with zero attached hydrogens (tertiary/aromatic N) is 2. The zero-order valence-corrected chi connectivity index (χ0v) is 12.9. The van der Waals surface area contributed by atoms with E-state index in [1.165, 1.54) is 11.1 Å². The summed E-state index contributed by atoms with van der Waals surface area (Å²) in [4.78, 5) is 0. The molecule has 0 aliphatic heterocycles. The number of aryl methyl sites for hydroxylation is 2. The molecule has 0 saturated carbocycles. The predicted octanol–water partition coefficient (Wildman–Crippen LogP) is 3.84. The standard InChI is InChI=1S/C16H24N4/c1-10(2)20-16(15(17)13(5)19-20)18-12(4)14-9-7-6-8-11(14)3/h6-10,12,18H,17H2,1-5H3. The lowest BCUT2D eigenvalue weighted by atomic mass is 10.0. The zero-order chi connectivity index (χ0) is 14.9. The van der Waals surface area contributed by atoms with Gasteiger partial charge >= 0.3 is 0 Å². The first kappa shape index (κ1) is 14.4. The van der Waals surface area contributed by atoms with Crippen molar-refractivity contribution in [2.45, 2.75) is 46.7 Å². The van der Waals surface area contributed by atoms with Crippen LogP contribution >= 0.6 is 0 Å². The molecule has 1 atom stereocenters. The molecule has 1 aromatic heterocycles. The first-order valence-corrected chi connectivity index (χ1v) is 7.08. The number of nitrogen functional groups attached to an aromatic ring is 1. The van der Waals surface area contributed by atoms with Crippen molar-refractivity contribution in [1.29, 1.82) is 0 Å². The van der Waals surface area contributed by atoms with E-state index < -0.39 is 0 Å². The number of aromatic nitrogens is 2. The van der Waals surface area contributed by atoms with Crippen molar-refractivity contribution in [3.63, 3.8) is 0 Å². The normalized spacial score (nSPS) is 12.7. The molecule has 0 radical (unpaired) electrons. The van der Waals surface area contributed by atoms with Gasteiger partial charge in [0, 0.05) is 6.04 Å². The SMILES string of the molecule is Cc1ccccc1C(C)Nc1c(N)c(C)nn1C(C)C. The Morgan fingerprint density at radius 1 is 1.15 bits per heavy atom. The van der Waals surface area contributed by atoms with Crippen LogP contribution in [0.1, 0.15) is 49.7 Å². The lowest BCUT2D eigenvalue weighted by Crippen LogP contribution is -2.15. The third kappa shape index (κ3) is 2.64. The molecule has 108 valence electrons.